The molecular formula is C19H26N2O2S. The highest BCUT2D eigenvalue weighted by Gasteiger charge is 2.19. The number of hydrogen-bond acceptors (Lipinski definition) is 3. The summed E-state index contributed by atoms with van der Waals surface area (Å²) in [7, 11) is 0.520. The molecule has 2 aromatic carbocycles. The molecule has 0 aliphatic heterocycles. The van der Waals surface area contributed by atoms with Gasteiger partial charge in [-0.25, -0.2) is 13.1 Å². The zero-order valence-corrected chi connectivity index (χ0v) is 15.9. The second-order valence-electron chi connectivity index (χ2n) is 6.61. The molecule has 5 heteroatoms. The first-order valence-electron chi connectivity index (χ1n) is 7.99. The van der Waals surface area contributed by atoms with Crippen molar-refractivity contribution in [2.75, 3.05) is 14.1 Å². The first-order valence-corrected chi connectivity index (χ1v) is 9.47. The Morgan fingerprint density at radius 2 is 1.42 bits per heavy atom. The minimum Gasteiger partial charge on any atom is -0.305 e. The van der Waals surface area contributed by atoms with Crippen molar-refractivity contribution < 1.29 is 8.42 Å². The molecular weight excluding hydrogens is 320 g/mol. The van der Waals surface area contributed by atoms with Gasteiger partial charge >= 0.3 is 0 Å². The SMILES string of the molecule is Cc1cc(C)c(S(=O)(=O)NCc2ccc(CN(C)C)cc2)c(C)c1. The van der Waals surface area contributed by atoms with Crippen LogP contribution in [0.1, 0.15) is 27.8 Å². The van der Waals surface area contributed by atoms with Crippen molar-refractivity contribution in [2.24, 2.45) is 0 Å². The molecule has 2 aromatic rings. The molecule has 1 N–H and O–H groups in total. The lowest BCUT2D eigenvalue weighted by atomic mass is 10.1. The Kier molecular flexibility index (Phi) is 5.80. The van der Waals surface area contributed by atoms with E-state index in [9.17, 15) is 8.42 Å². The van der Waals surface area contributed by atoms with Crippen molar-refractivity contribution in [1.82, 2.24) is 9.62 Å². The Morgan fingerprint density at radius 1 is 0.917 bits per heavy atom. The molecule has 0 unspecified atom stereocenters. The van der Waals surface area contributed by atoms with Gasteiger partial charge in [0, 0.05) is 13.1 Å². The fourth-order valence-corrected chi connectivity index (χ4v) is 4.44. The Bertz CT molecular complexity index is 787. The van der Waals surface area contributed by atoms with Gasteiger partial charge in [-0.3, -0.25) is 0 Å². The summed E-state index contributed by atoms with van der Waals surface area (Å²) in [5, 5.41) is 0. The maximum Gasteiger partial charge on any atom is 0.241 e. The van der Waals surface area contributed by atoms with Gasteiger partial charge in [0.05, 0.1) is 4.90 Å². The highest BCUT2D eigenvalue weighted by Crippen LogP contribution is 2.21. The molecule has 0 amide bonds. The predicted molar refractivity (Wildman–Crippen MR) is 98.5 cm³/mol. The monoisotopic (exact) mass is 346 g/mol. The van der Waals surface area contributed by atoms with Gasteiger partial charge < -0.3 is 4.90 Å². The number of nitrogens with zero attached hydrogens (tertiary/aromatic N) is 1. The maximum atomic E-state index is 12.7. The largest absolute Gasteiger partial charge is 0.305 e. The normalized spacial score (nSPS) is 11.9. The summed E-state index contributed by atoms with van der Waals surface area (Å²) in [5.74, 6) is 0. The number of aryl methyl sites for hydroxylation is 3. The van der Waals surface area contributed by atoms with E-state index in [2.05, 4.69) is 9.62 Å². The van der Waals surface area contributed by atoms with Crippen LogP contribution in [0, 0.1) is 20.8 Å². The summed E-state index contributed by atoms with van der Waals surface area (Å²) in [5.41, 5.74) is 4.78. The lowest BCUT2D eigenvalue weighted by Gasteiger charge is -2.14. The molecule has 4 nitrogen and oxygen atoms in total. The van der Waals surface area contributed by atoms with Gasteiger partial charge in [0.1, 0.15) is 0 Å². The van der Waals surface area contributed by atoms with E-state index in [-0.39, 0.29) is 6.54 Å². The quantitative estimate of drug-likeness (QED) is 0.874. The van der Waals surface area contributed by atoms with Crippen molar-refractivity contribution >= 4 is 10.0 Å². The van der Waals surface area contributed by atoms with Crippen LogP contribution in [0.5, 0.6) is 0 Å². The van der Waals surface area contributed by atoms with Crippen LogP contribution in [0.25, 0.3) is 0 Å². The van der Waals surface area contributed by atoms with Crippen LogP contribution < -0.4 is 4.72 Å². The summed E-state index contributed by atoms with van der Waals surface area (Å²) in [6.07, 6.45) is 0. The highest BCUT2D eigenvalue weighted by molar-refractivity contribution is 7.89. The topological polar surface area (TPSA) is 49.4 Å². The fourth-order valence-electron chi connectivity index (χ4n) is 2.97. The van der Waals surface area contributed by atoms with Crippen molar-refractivity contribution in [3.63, 3.8) is 0 Å². The van der Waals surface area contributed by atoms with Gasteiger partial charge in [0.2, 0.25) is 10.0 Å². The van der Waals surface area contributed by atoms with E-state index in [4.69, 9.17) is 0 Å². The van der Waals surface area contributed by atoms with E-state index in [0.717, 1.165) is 28.8 Å². The minimum absolute atomic E-state index is 0.289. The van der Waals surface area contributed by atoms with Gasteiger partial charge in [-0.15, -0.1) is 0 Å². The van der Waals surface area contributed by atoms with Crippen LogP contribution in [-0.2, 0) is 23.1 Å². The second kappa shape index (κ2) is 7.47. The standard InChI is InChI=1S/C19H26N2O2S/c1-14-10-15(2)19(16(3)11-14)24(22,23)20-12-17-6-8-18(9-7-17)13-21(4)5/h6-11,20H,12-13H2,1-5H3. The number of hydrogen-bond donors (Lipinski definition) is 1. The van der Waals surface area contributed by atoms with Gasteiger partial charge in [-0.05, 0) is 57.1 Å². The van der Waals surface area contributed by atoms with Gasteiger partial charge in [0.25, 0.3) is 0 Å². The Morgan fingerprint density at radius 3 is 1.92 bits per heavy atom. The Labute approximate surface area is 145 Å². The Balaban J connectivity index is 2.13. The highest BCUT2D eigenvalue weighted by atomic mass is 32.2. The summed E-state index contributed by atoms with van der Waals surface area (Å²) >= 11 is 0. The molecule has 2 rings (SSSR count). The summed E-state index contributed by atoms with van der Waals surface area (Å²) in [6.45, 7) is 6.80. The van der Waals surface area contributed by atoms with E-state index < -0.39 is 10.0 Å². The third kappa shape index (κ3) is 4.66. The maximum absolute atomic E-state index is 12.7. The van der Waals surface area contributed by atoms with Crippen LogP contribution in [0.15, 0.2) is 41.3 Å². The molecule has 0 radical (unpaired) electrons. The number of rotatable bonds is 6. The van der Waals surface area contributed by atoms with Gasteiger partial charge in [0.15, 0.2) is 0 Å². The van der Waals surface area contributed by atoms with Gasteiger partial charge in [-0.2, -0.15) is 0 Å². The van der Waals surface area contributed by atoms with Crippen LogP contribution in [0.2, 0.25) is 0 Å². The van der Waals surface area contributed by atoms with Crippen LogP contribution in [0.4, 0.5) is 0 Å². The Hall–Kier alpha value is -1.69. The molecule has 0 spiro atoms. The zero-order valence-electron chi connectivity index (χ0n) is 15.1. The summed E-state index contributed by atoms with van der Waals surface area (Å²) in [4.78, 5) is 2.48. The third-order valence-electron chi connectivity index (χ3n) is 3.86. The molecule has 0 saturated heterocycles. The molecule has 0 aliphatic carbocycles. The summed E-state index contributed by atoms with van der Waals surface area (Å²) in [6, 6.07) is 11.8. The molecule has 0 saturated carbocycles. The van der Waals surface area contributed by atoms with Crippen molar-refractivity contribution in [3.8, 4) is 0 Å². The van der Waals surface area contributed by atoms with Crippen LogP contribution >= 0.6 is 0 Å². The first-order chi connectivity index (χ1) is 11.2. The van der Waals surface area contributed by atoms with Gasteiger partial charge in [-0.1, -0.05) is 42.0 Å². The van der Waals surface area contributed by atoms with Crippen molar-refractivity contribution in [2.45, 2.75) is 38.8 Å². The second-order valence-corrected chi connectivity index (χ2v) is 8.31. The molecule has 0 aliphatic rings. The van der Waals surface area contributed by atoms with Crippen molar-refractivity contribution in [1.29, 1.82) is 0 Å². The lowest BCUT2D eigenvalue weighted by Crippen LogP contribution is -2.25. The predicted octanol–water partition coefficient (Wildman–Crippen LogP) is 3.15. The molecule has 130 valence electrons. The van der Waals surface area contributed by atoms with E-state index >= 15 is 0 Å². The zero-order chi connectivity index (χ0) is 17.9. The molecule has 0 aromatic heterocycles. The van der Waals surface area contributed by atoms with E-state index in [0.29, 0.717) is 4.90 Å². The first kappa shape index (κ1) is 18.6. The van der Waals surface area contributed by atoms with Crippen LogP contribution in [0.3, 0.4) is 0 Å². The average molecular weight is 346 g/mol. The van der Waals surface area contributed by atoms with Crippen molar-refractivity contribution in [3.05, 3.63) is 64.2 Å². The van der Waals surface area contributed by atoms with E-state index in [1.54, 1.807) is 0 Å². The van der Waals surface area contributed by atoms with Crippen LogP contribution in [-0.4, -0.2) is 27.4 Å². The molecule has 0 bridgehead atoms. The summed E-state index contributed by atoms with van der Waals surface area (Å²) < 4.78 is 28.0. The average Bonchev–Trinajstić information content (AvgIpc) is 2.44. The number of nitrogens with one attached hydrogen (secondary N) is 1. The molecule has 24 heavy (non-hydrogen) atoms. The molecule has 0 heterocycles. The molecule has 0 atom stereocenters. The third-order valence-corrected chi connectivity index (χ3v) is 5.57. The van der Waals surface area contributed by atoms with E-state index in [1.165, 1.54) is 5.56 Å². The smallest absolute Gasteiger partial charge is 0.241 e. The number of sulfonamides is 1. The van der Waals surface area contributed by atoms with E-state index in [1.807, 2.05) is 71.3 Å². The molecule has 0 fully saturated rings. The number of benzene rings is 2. The lowest BCUT2D eigenvalue weighted by molar-refractivity contribution is 0.402. The minimum atomic E-state index is -3.52. The fraction of sp³-hybridized carbons (Fsp3) is 0.368.